The van der Waals surface area contributed by atoms with Gasteiger partial charge < -0.3 is 9.80 Å². The van der Waals surface area contributed by atoms with Crippen molar-refractivity contribution in [3.8, 4) is 0 Å². The van der Waals surface area contributed by atoms with Crippen LogP contribution in [0.1, 0.15) is 0 Å². The highest BCUT2D eigenvalue weighted by Gasteiger charge is 2.11. The Morgan fingerprint density at radius 3 is 2.50 bits per heavy atom. The molecule has 3 heteroatoms. The molecule has 1 saturated heterocycles. The second-order valence-electron chi connectivity index (χ2n) is 3.58. The van der Waals surface area contributed by atoms with Crippen molar-refractivity contribution in [2.24, 2.45) is 0 Å². The average molecular weight is 210 g/mol. The van der Waals surface area contributed by atoms with Gasteiger partial charge in [0.05, 0.1) is 0 Å². The van der Waals surface area contributed by atoms with Crippen LogP contribution >= 0.6 is 11.6 Å². The van der Waals surface area contributed by atoms with Gasteiger partial charge in [-0.1, -0.05) is 17.7 Å². The summed E-state index contributed by atoms with van der Waals surface area (Å²) >= 11 is 5.94. The highest BCUT2D eigenvalue weighted by Crippen LogP contribution is 2.20. The van der Waals surface area contributed by atoms with Gasteiger partial charge in [-0.05, 0) is 31.3 Å². The van der Waals surface area contributed by atoms with Gasteiger partial charge in [0.1, 0.15) is 0 Å². The number of nitrogens with zero attached hydrogens (tertiary/aromatic N) is 2. The summed E-state index contributed by atoms with van der Waals surface area (Å²) in [6, 6.07) is 8.02. The van der Waals surface area contributed by atoms with Crippen molar-refractivity contribution >= 4 is 17.3 Å². The maximum atomic E-state index is 5.94. The summed E-state index contributed by atoms with van der Waals surface area (Å²) in [6.45, 7) is 4.10. The third-order valence-corrected chi connectivity index (χ3v) is 2.78. The van der Waals surface area contributed by atoms with Gasteiger partial charge in [-0.3, -0.25) is 7.05 Å². The molecule has 0 amide bonds. The minimum Gasteiger partial charge on any atom is -0.456 e. The Kier molecular flexibility index (Phi) is 2.94. The Morgan fingerprint density at radius 1 is 1.14 bits per heavy atom. The number of rotatable bonds is 1. The van der Waals surface area contributed by atoms with E-state index in [2.05, 4.69) is 22.9 Å². The summed E-state index contributed by atoms with van der Waals surface area (Å²) in [7, 11) is 3.92. The summed E-state index contributed by atoms with van der Waals surface area (Å²) < 4.78 is 0. The van der Waals surface area contributed by atoms with Gasteiger partial charge in [0.2, 0.25) is 0 Å². The zero-order chi connectivity index (χ0) is 9.97. The van der Waals surface area contributed by atoms with Crippen LogP contribution in [0.5, 0.6) is 0 Å². The lowest BCUT2D eigenvalue weighted by Gasteiger charge is -2.38. The zero-order valence-electron chi connectivity index (χ0n) is 8.12. The van der Waals surface area contributed by atoms with Gasteiger partial charge >= 0.3 is 0 Å². The first kappa shape index (κ1) is 9.81. The highest BCUT2D eigenvalue weighted by molar-refractivity contribution is 6.30. The SMILES string of the molecule is [CH2-]N1CCN(c2cccc(Cl)c2)CC1. The Morgan fingerprint density at radius 2 is 1.86 bits per heavy atom. The first-order chi connectivity index (χ1) is 6.75. The number of halogens is 1. The first-order valence-corrected chi connectivity index (χ1v) is 5.19. The normalized spacial score (nSPS) is 18.6. The molecule has 0 spiro atoms. The maximum Gasteiger partial charge on any atom is 0.0426 e. The lowest BCUT2D eigenvalue weighted by molar-refractivity contribution is 0.344. The van der Waals surface area contributed by atoms with Crippen LogP contribution in [0, 0.1) is 7.05 Å². The fourth-order valence-electron chi connectivity index (χ4n) is 1.68. The maximum absolute atomic E-state index is 5.94. The van der Waals surface area contributed by atoms with Crippen LogP contribution in [-0.4, -0.2) is 31.1 Å². The molecule has 0 bridgehead atoms. The van der Waals surface area contributed by atoms with Gasteiger partial charge in [-0.2, -0.15) is 0 Å². The lowest BCUT2D eigenvalue weighted by atomic mass is 10.2. The average Bonchev–Trinajstić information content (AvgIpc) is 2.19. The molecule has 0 radical (unpaired) electrons. The van der Waals surface area contributed by atoms with Crippen molar-refractivity contribution < 1.29 is 0 Å². The Balaban J connectivity index is 2.08. The minimum atomic E-state index is 0.805. The number of anilines is 1. The van der Waals surface area contributed by atoms with E-state index in [0.29, 0.717) is 0 Å². The van der Waals surface area contributed by atoms with Crippen LogP contribution in [0.3, 0.4) is 0 Å². The molecule has 0 unspecified atom stereocenters. The standard InChI is InChI=1S/C11H14ClN2/c1-13-5-7-14(8-6-13)11-4-2-3-10(12)9-11/h2-4,9H,1,5-8H2/q-1. The predicted molar refractivity (Wildman–Crippen MR) is 60.6 cm³/mol. The minimum absolute atomic E-state index is 0.805. The van der Waals surface area contributed by atoms with Gasteiger partial charge in [0.15, 0.2) is 0 Å². The van der Waals surface area contributed by atoms with Gasteiger partial charge in [-0.25, -0.2) is 0 Å². The Hall–Kier alpha value is -0.730. The molecule has 1 aromatic rings. The Bertz CT molecular complexity index is 306. The van der Waals surface area contributed by atoms with Gasteiger partial charge in [-0.15, -0.1) is 0 Å². The molecule has 76 valence electrons. The van der Waals surface area contributed by atoms with Crippen LogP contribution in [0.2, 0.25) is 5.02 Å². The monoisotopic (exact) mass is 209 g/mol. The molecule has 1 heterocycles. The largest absolute Gasteiger partial charge is 0.456 e. The molecule has 1 fully saturated rings. The number of piperazine rings is 1. The number of benzene rings is 1. The third kappa shape index (κ3) is 2.20. The van der Waals surface area contributed by atoms with Crippen molar-refractivity contribution in [2.45, 2.75) is 0 Å². The quantitative estimate of drug-likeness (QED) is 0.655. The third-order valence-electron chi connectivity index (χ3n) is 2.55. The fourth-order valence-corrected chi connectivity index (χ4v) is 1.86. The molecule has 0 N–H and O–H groups in total. The van der Waals surface area contributed by atoms with Crippen LogP contribution in [0.15, 0.2) is 24.3 Å². The van der Waals surface area contributed by atoms with Crippen molar-refractivity contribution in [1.29, 1.82) is 0 Å². The van der Waals surface area contributed by atoms with Crippen molar-refractivity contribution in [3.63, 3.8) is 0 Å². The molecule has 1 aromatic carbocycles. The Labute approximate surface area is 90.1 Å². The molecular weight excluding hydrogens is 196 g/mol. The van der Waals surface area contributed by atoms with E-state index in [-0.39, 0.29) is 0 Å². The first-order valence-electron chi connectivity index (χ1n) is 4.82. The molecule has 14 heavy (non-hydrogen) atoms. The van der Waals surface area contributed by atoms with E-state index >= 15 is 0 Å². The van der Waals surface area contributed by atoms with E-state index in [1.165, 1.54) is 5.69 Å². The highest BCUT2D eigenvalue weighted by atomic mass is 35.5. The van der Waals surface area contributed by atoms with E-state index < -0.39 is 0 Å². The van der Waals surface area contributed by atoms with Crippen molar-refractivity contribution in [2.75, 3.05) is 31.1 Å². The molecule has 1 aliphatic heterocycles. The van der Waals surface area contributed by atoms with E-state index in [1.807, 2.05) is 18.2 Å². The topological polar surface area (TPSA) is 6.48 Å². The summed E-state index contributed by atoms with van der Waals surface area (Å²) in [4.78, 5) is 4.44. The summed E-state index contributed by atoms with van der Waals surface area (Å²) in [6.07, 6.45) is 0. The fraction of sp³-hybridized carbons (Fsp3) is 0.364. The van der Waals surface area contributed by atoms with E-state index in [4.69, 9.17) is 11.6 Å². The van der Waals surface area contributed by atoms with Crippen LogP contribution in [0.25, 0.3) is 0 Å². The van der Waals surface area contributed by atoms with Crippen LogP contribution in [-0.2, 0) is 0 Å². The molecule has 1 aliphatic rings. The van der Waals surface area contributed by atoms with E-state index in [0.717, 1.165) is 31.2 Å². The molecule has 2 rings (SSSR count). The molecule has 0 aromatic heterocycles. The van der Waals surface area contributed by atoms with Crippen molar-refractivity contribution in [3.05, 3.63) is 36.3 Å². The summed E-state index contributed by atoms with van der Waals surface area (Å²) in [5, 5.41) is 0.805. The summed E-state index contributed by atoms with van der Waals surface area (Å²) in [5.41, 5.74) is 1.21. The lowest BCUT2D eigenvalue weighted by Crippen LogP contribution is -2.43. The predicted octanol–water partition coefficient (Wildman–Crippen LogP) is 2.25. The number of hydrogen-bond acceptors (Lipinski definition) is 2. The van der Waals surface area contributed by atoms with Crippen molar-refractivity contribution in [1.82, 2.24) is 4.90 Å². The van der Waals surface area contributed by atoms with E-state index in [1.54, 1.807) is 0 Å². The second-order valence-corrected chi connectivity index (χ2v) is 4.02. The molecular formula is C11H14ClN2-. The van der Waals surface area contributed by atoms with Crippen LogP contribution < -0.4 is 4.90 Å². The number of hydrogen-bond donors (Lipinski definition) is 0. The van der Waals surface area contributed by atoms with Gasteiger partial charge in [0, 0.05) is 23.8 Å². The summed E-state index contributed by atoms with van der Waals surface area (Å²) in [5.74, 6) is 0. The molecule has 0 aliphatic carbocycles. The molecule has 0 saturated carbocycles. The molecule has 0 atom stereocenters. The molecule has 2 nitrogen and oxygen atoms in total. The van der Waals surface area contributed by atoms with Gasteiger partial charge in [0.25, 0.3) is 0 Å². The zero-order valence-corrected chi connectivity index (χ0v) is 8.87. The smallest absolute Gasteiger partial charge is 0.0426 e. The second kappa shape index (κ2) is 4.20. The van der Waals surface area contributed by atoms with E-state index in [9.17, 15) is 0 Å². The van der Waals surface area contributed by atoms with Crippen LogP contribution in [0.4, 0.5) is 5.69 Å².